The molecule has 0 saturated carbocycles. The van der Waals surface area contributed by atoms with Crippen LogP contribution in [0.15, 0.2) is 170 Å². The second-order valence-electron chi connectivity index (χ2n) is 16.7. The van der Waals surface area contributed by atoms with Gasteiger partial charge in [-0.1, -0.05) is 210 Å². The molecule has 0 heterocycles. The molecule has 1 atom stereocenters. The van der Waals surface area contributed by atoms with Gasteiger partial charge in [-0.3, -0.25) is 14.4 Å². The van der Waals surface area contributed by atoms with Crippen LogP contribution in [-0.2, 0) is 28.6 Å². The van der Waals surface area contributed by atoms with Crippen LogP contribution in [0.3, 0.4) is 0 Å². The highest BCUT2D eigenvalue weighted by molar-refractivity contribution is 5.72. The van der Waals surface area contributed by atoms with Gasteiger partial charge in [-0.15, -0.1) is 0 Å². The summed E-state index contributed by atoms with van der Waals surface area (Å²) in [7, 11) is 0. The number of hydrogen-bond donors (Lipinski definition) is 0. The summed E-state index contributed by atoms with van der Waals surface area (Å²) in [6.45, 7) is 6.13. The third-order valence-corrected chi connectivity index (χ3v) is 10.2. The number of esters is 3. The largest absolute Gasteiger partial charge is 0.462 e. The van der Waals surface area contributed by atoms with E-state index in [0.29, 0.717) is 19.3 Å². The Hall–Kier alpha value is -5.23. The zero-order chi connectivity index (χ0) is 50.0. The van der Waals surface area contributed by atoms with Crippen molar-refractivity contribution in [3.63, 3.8) is 0 Å². The Balaban J connectivity index is 4.63. The van der Waals surface area contributed by atoms with Crippen LogP contribution in [0, 0.1) is 0 Å². The van der Waals surface area contributed by atoms with Crippen molar-refractivity contribution >= 4 is 17.9 Å². The van der Waals surface area contributed by atoms with Crippen LogP contribution >= 0.6 is 0 Å². The second kappa shape index (κ2) is 55.4. The highest BCUT2D eigenvalue weighted by Crippen LogP contribution is 2.11. The topological polar surface area (TPSA) is 78.9 Å². The van der Waals surface area contributed by atoms with Gasteiger partial charge in [-0.25, -0.2) is 0 Å². The Morgan fingerprint density at radius 2 is 0.565 bits per heavy atom. The minimum Gasteiger partial charge on any atom is -0.462 e. The Kier molecular flexibility index (Phi) is 51.2. The van der Waals surface area contributed by atoms with E-state index in [4.69, 9.17) is 14.2 Å². The number of allylic oxidation sites excluding steroid dienone is 27. The molecule has 0 aromatic carbocycles. The predicted molar refractivity (Wildman–Crippen MR) is 297 cm³/mol. The molecule has 69 heavy (non-hydrogen) atoms. The normalized spacial score (nSPS) is 13.5. The Bertz CT molecular complexity index is 1650. The van der Waals surface area contributed by atoms with Crippen LogP contribution in [0.25, 0.3) is 0 Å². The van der Waals surface area contributed by atoms with E-state index < -0.39 is 12.1 Å². The number of carbonyl (C=O) groups excluding carboxylic acids is 3. The minimum atomic E-state index is -0.867. The molecule has 1 unspecified atom stereocenters. The van der Waals surface area contributed by atoms with Gasteiger partial charge in [0.1, 0.15) is 13.2 Å². The van der Waals surface area contributed by atoms with Crippen LogP contribution < -0.4 is 0 Å². The first-order chi connectivity index (χ1) is 34.0. The van der Waals surface area contributed by atoms with Crippen LogP contribution in [0.4, 0.5) is 0 Å². The summed E-state index contributed by atoms with van der Waals surface area (Å²) in [6, 6.07) is 0. The Morgan fingerprint density at radius 1 is 0.304 bits per heavy atom. The predicted octanol–water partition coefficient (Wildman–Crippen LogP) is 18.0. The van der Waals surface area contributed by atoms with Crippen molar-refractivity contribution < 1.29 is 28.6 Å². The van der Waals surface area contributed by atoms with Crippen LogP contribution in [0.5, 0.6) is 0 Å². The van der Waals surface area contributed by atoms with Crippen molar-refractivity contribution in [1.29, 1.82) is 0 Å². The number of rotatable bonds is 45. The average molecular weight is 947 g/mol. The van der Waals surface area contributed by atoms with Crippen molar-refractivity contribution in [1.82, 2.24) is 0 Å². The summed E-state index contributed by atoms with van der Waals surface area (Å²) in [6.07, 6.45) is 82.2. The fourth-order valence-corrected chi connectivity index (χ4v) is 6.36. The second-order valence-corrected chi connectivity index (χ2v) is 16.7. The molecule has 0 aromatic rings. The van der Waals surface area contributed by atoms with Gasteiger partial charge in [0.05, 0.1) is 6.42 Å². The van der Waals surface area contributed by atoms with Crippen LogP contribution in [0.1, 0.15) is 188 Å². The Labute approximate surface area is 422 Å². The van der Waals surface area contributed by atoms with Gasteiger partial charge >= 0.3 is 17.9 Å². The van der Waals surface area contributed by atoms with Gasteiger partial charge in [-0.05, 0) is 128 Å². The maximum Gasteiger partial charge on any atom is 0.310 e. The molecule has 0 fully saturated rings. The van der Waals surface area contributed by atoms with Gasteiger partial charge < -0.3 is 14.2 Å². The van der Waals surface area contributed by atoms with E-state index in [1.54, 1.807) is 6.08 Å². The van der Waals surface area contributed by atoms with Crippen molar-refractivity contribution in [2.75, 3.05) is 13.2 Å². The summed E-state index contributed by atoms with van der Waals surface area (Å²) in [5.41, 5.74) is 0. The summed E-state index contributed by atoms with van der Waals surface area (Å²) in [5.74, 6) is -1.16. The fraction of sp³-hybridized carbons (Fsp3) is 0.508. The number of hydrogen-bond acceptors (Lipinski definition) is 6. The molecule has 6 heteroatoms. The minimum absolute atomic E-state index is 0.0737. The van der Waals surface area contributed by atoms with Crippen molar-refractivity contribution in [3.8, 4) is 0 Å². The maximum absolute atomic E-state index is 12.8. The molecule has 0 aliphatic carbocycles. The van der Waals surface area contributed by atoms with E-state index in [2.05, 4.69) is 179 Å². The van der Waals surface area contributed by atoms with Crippen LogP contribution in [-0.4, -0.2) is 37.2 Å². The molecule has 0 N–H and O–H groups in total. The van der Waals surface area contributed by atoms with E-state index in [1.165, 1.54) is 0 Å². The number of carbonyl (C=O) groups is 3. The molecule has 0 saturated heterocycles. The summed E-state index contributed by atoms with van der Waals surface area (Å²) < 4.78 is 16.6. The molecule has 0 amide bonds. The molecular weight excluding hydrogens is 853 g/mol. The standard InChI is InChI=1S/C63H94O6/c1-4-7-10-13-16-19-22-25-28-29-30-31-32-33-36-38-41-44-47-50-53-56-62(65)68-59-60(69-63(66)57-54-51-48-45-42-39-35-27-24-21-18-15-12-9-6-3)58-67-61(64)55-52-49-46-43-40-37-34-26-23-20-17-14-11-8-5-2/h7-12,16-21,25-28,30-31,33-36,41-42,44-45,51,54,60H,4-6,13-15,22-24,29,32,37-40,43,46-50,52-53,55-59H2,1-3H3/b10-7-,11-8-,12-9-,19-16-,20-17-,21-18-,28-25-,31-30-,34-26-,35-27-,36-33-,44-41-,45-42-,54-51-. The highest BCUT2D eigenvalue weighted by Gasteiger charge is 2.19. The maximum atomic E-state index is 12.8. The molecular formula is C63H94O6. The fourth-order valence-electron chi connectivity index (χ4n) is 6.36. The molecule has 382 valence electrons. The quantitative estimate of drug-likeness (QED) is 0.0262. The molecule has 0 spiro atoms. The Morgan fingerprint density at radius 3 is 0.913 bits per heavy atom. The van der Waals surface area contributed by atoms with E-state index in [0.717, 1.165) is 135 Å². The van der Waals surface area contributed by atoms with Gasteiger partial charge in [0, 0.05) is 12.8 Å². The van der Waals surface area contributed by atoms with E-state index in [9.17, 15) is 14.4 Å². The van der Waals surface area contributed by atoms with E-state index in [1.807, 2.05) is 6.08 Å². The molecule has 0 aromatic heterocycles. The number of ether oxygens (including phenoxy) is 3. The lowest BCUT2D eigenvalue weighted by atomic mass is 10.1. The molecule has 0 bridgehead atoms. The average Bonchev–Trinajstić information content (AvgIpc) is 3.35. The van der Waals surface area contributed by atoms with E-state index in [-0.39, 0.29) is 38.0 Å². The van der Waals surface area contributed by atoms with Gasteiger partial charge in [-0.2, -0.15) is 0 Å². The molecule has 0 aliphatic rings. The van der Waals surface area contributed by atoms with Crippen molar-refractivity contribution in [3.05, 3.63) is 170 Å². The third kappa shape index (κ3) is 53.6. The zero-order valence-electron chi connectivity index (χ0n) is 43.5. The van der Waals surface area contributed by atoms with Crippen molar-refractivity contribution in [2.24, 2.45) is 0 Å². The third-order valence-electron chi connectivity index (χ3n) is 10.2. The van der Waals surface area contributed by atoms with E-state index >= 15 is 0 Å². The highest BCUT2D eigenvalue weighted by atomic mass is 16.6. The monoisotopic (exact) mass is 947 g/mol. The van der Waals surface area contributed by atoms with Crippen LogP contribution in [0.2, 0.25) is 0 Å². The first-order valence-corrected chi connectivity index (χ1v) is 26.6. The van der Waals surface area contributed by atoms with Crippen molar-refractivity contribution in [2.45, 2.75) is 194 Å². The first kappa shape index (κ1) is 63.8. The zero-order valence-corrected chi connectivity index (χ0v) is 43.5. The lowest BCUT2D eigenvalue weighted by Gasteiger charge is -2.18. The molecule has 0 rings (SSSR count). The van der Waals surface area contributed by atoms with Gasteiger partial charge in [0.15, 0.2) is 6.10 Å². The summed E-state index contributed by atoms with van der Waals surface area (Å²) >= 11 is 0. The van der Waals surface area contributed by atoms with Gasteiger partial charge in [0.2, 0.25) is 0 Å². The molecule has 6 nitrogen and oxygen atoms in total. The lowest BCUT2D eigenvalue weighted by molar-refractivity contribution is -0.166. The SMILES string of the molecule is CC/C=C\C/C=C\C/C=C\C/C=C\C/C=C\C/C=C\CCCCC(=O)OCC(COC(=O)CCCCCCC/C=C\C/C=C\C/C=C\CC)OC(=O)C/C=C\C/C=C\C/C=C\C/C=C\C/C=C\CC. The smallest absolute Gasteiger partial charge is 0.310 e. The number of unbranched alkanes of at least 4 members (excludes halogenated alkanes) is 7. The summed E-state index contributed by atoms with van der Waals surface area (Å²) in [5, 5.41) is 0. The first-order valence-electron chi connectivity index (χ1n) is 26.6. The summed E-state index contributed by atoms with van der Waals surface area (Å²) in [4.78, 5) is 38.0. The molecule has 0 aliphatic heterocycles. The molecule has 0 radical (unpaired) electrons. The lowest BCUT2D eigenvalue weighted by Crippen LogP contribution is -2.30. The van der Waals surface area contributed by atoms with Gasteiger partial charge in [0.25, 0.3) is 0 Å².